The third kappa shape index (κ3) is 2.82. The van der Waals surface area contributed by atoms with Crippen LogP contribution < -0.4 is 10.5 Å². The van der Waals surface area contributed by atoms with Gasteiger partial charge in [0, 0.05) is 12.1 Å². The predicted molar refractivity (Wildman–Crippen MR) is 87.4 cm³/mol. The van der Waals surface area contributed by atoms with E-state index >= 15 is 0 Å². The lowest BCUT2D eigenvalue weighted by molar-refractivity contribution is 0.415. The van der Waals surface area contributed by atoms with Gasteiger partial charge < -0.3 is 10.5 Å². The van der Waals surface area contributed by atoms with E-state index in [2.05, 4.69) is 17.1 Å². The second kappa shape index (κ2) is 6.08. The van der Waals surface area contributed by atoms with Crippen LogP contribution in [0.2, 0.25) is 0 Å². The number of nitrogens with zero attached hydrogens (tertiary/aromatic N) is 1. The molecule has 0 radical (unpaired) electrons. The molecule has 1 aromatic heterocycles. The molecular weight excluding hydrogens is 280 g/mol. The smallest absolute Gasteiger partial charge is 0.124 e. The van der Waals surface area contributed by atoms with Gasteiger partial charge in [-0.1, -0.05) is 42.5 Å². The minimum atomic E-state index is 0.435. The van der Waals surface area contributed by atoms with Crippen molar-refractivity contribution in [1.82, 2.24) is 4.98 Å². The first-order valence-corrected chi connectivity index (χ1v) is 7.53. The van der Waals surface area contributed by atoms with Gasteiger partial charge in [0.25, 0.3) is 0 Å². The lowest BCUT2D eigenvalue weighted by Crippen LogP contribution is -1.98. The highest BCUT2D eigenvalue weighted by Gasteiger charge is 2.13. The Morgan fingerprint density at radius 1 is 1.05 bits per heavy atom. The van der Waals surface area contributed by atoms with Crippen molar-refractivity contribution in [1.29, 1.82) is 0 Å². The van der Waals surface area contributed by atoms with E-state index in [0.29, 0.717) is 6.54 Å². The Labute approximate surface area is 128 Å². The summed E-state index contributed by atoms with van der Waals surface area (Å²) in [5.74, 6) is 0.832. The number of aromatic nitrogens is 1. The van der Waals surface area contributed by atoms with Crippen molar-refractivity contribution in [3.05, 3.63) is 60.3 Å². The quantitative estimate of drug-likeness (QED) is 0.793. The molecule has 2 N–H and O–H groups in total. The molecule has 0 fully saturated rings. The maximum atomic E-state index is 5.85. The number of nitrogens with two attached hydrogens (primary N) is 1. The third-order valence-electron chi connectivity index (χ3n) is 3.24. The van der Waals surface area contributed by atoms with E-state index in [9.17, 15) is 0 Å². The Bertz CT molecular complexity index is 738. The molecule has 0 saturated carbocycles. The number of benzene rings is 2. The van der Waals surface area contributed by atoms with Crippen LogP contribution in [0.3, 0.4) is 0 Å². The van der Waals surface area contributed by atoms with Crippen molar-refractivity contribution in [2.45, 2.75) is 6.54 Å². The zero-order chi connectivity index (χ0) is 14.7. The van der Waals surface area contributed by atoms with Crippen molar-refractivity contribution in [2.75, 3.05) is 7.11 Å². The molecule has 4 heteroatoms. The minimum Gasteiger partial charge on any atom is -0.497 e. The summed E-state index contributed by atoms with van der Waals surface area (Å²) < 4.78 is 5.28. The molecule has 1 heterocycles. The first-order chi connectivity index (χ1) is 10.3. The normalized spacial score (nSPS) is 10.6. The van der Waals surface area contributed by atoms with Crippen molar-refractivity contribution in [3.8, 4) is 26.8 Å². The fourth-order valence-corrected chi connectivity index (χ4v) is 3.28. The Morgan fingerprint density at radius 2 is 1.81 bits per heavy atom. The van der Waals surface area contributed by atoms with E-state index in [1.54, 1.807) is 18.4 Å². The summed E-state index contributed by atoms with van der Waals surface area (Å²) in [6.45, 7) is 0.435. The van der Waals surface area contributed by atoms with Gasteiger partial charge >= 0.3 is 0 Å². The molecule has 0 spiro atoms. The molecule has 0 saturated heterocycles. The van der Waals surface area contributed by atoms with E-state index < -0.39 is 0 Å². The van der Waals surface area contributed by atoms with Crippen molar-refractivity contribution in [2.24, 2.45) is 5.73 Å². The zero-order valence-corrected chi connectivity index (χ0v) is 12.6. The summed E-state index contributed by atoms with van der Waals surface area (Å²) in [4.78, 5) is 5.82. The maximum Gasteiger partial charge on any atom is 0.124 e. The van der Waals surface area contributed by atoms with Gasteiger partial charge in [-0.2, -0.15) is 0 Å². The Morgan fingerprint density at radius 3 is 2.52 bits per heavy atom. The third-order valence-corrected chi connectivity index (χ3v) is 4.44. The van der Waals surface area contributed by atoms with Gasteiger partial charge in [-0.05, 0) is 17.7 Å². The number of thiazole rings is 1. The van der Waals surface area contributed by atoms with E-state index in [0.717, 1.165) is 32.5 Å². The fraction of sp³-hybridized carbons (Fsp3) is 0.118. The molecular formula is C17H16N2OS. The van der Waals surface area contributed by atoms with Gasteiger partial charge in [0.1, 0.15) is 10.8 Å². The molecule has 0 atom stereocenters. The molecule has 0 aliphatic heterocycles. The second-order valence-electron chi connectivity index (χ2n) is 4.60. The highest BCUT2D eigenvalue weighted by molar-refractivity contribution is 7.18. The van der Waals surface area contributed by atoms with Crippen LogP contribution in [0.1, 0.15) is 5.69 Å². The topological polar surface area (TPSA) is 48.1 Å². The molecule has 106 valence electrons. The fourth-order valence-electron chi connectivity index (χ4n) is 2.18. The molecule has 0 bridgehead atoms. The number of hydrogen-bond donors (Lipinski definition) is 1. The van der Waals surface area contributed by atoms with Crippen molar-refractivity contribution < 1.29 is 4.74 Å². The second-order valence-corrected chi connectivity index (χ2v) is 5.60. The van der Waals surface area contributed by atoms with E-state index in [1.165, 1.54) is 0 Å². The largest absolute Gasteiger partial charge is 0.497 e. The van der Waals surface area contributed by atoms with Crippen LogP contribution >= 0.6 is 11.3 Å². The molecule has 3 aromatic rings. The molecule has 3 nitrogen and oxygen atoms in total. The Kier molecular flexibility index (Phi) is 3.99. The van der Waals surface area contributed by atoms with E-state index in [1.807, 2.05) is 42.5 Å². The average molecular weight is 296 g/mol. The minimum absolute atomic E-state index is 0.435. The van der Waals surface area contributed by atoms with Crippen LogP contribution in [-0.2, 0) is 6.54 Å². The highest BCUT2D eigenvalue weighted by atomic mass is 32.1. The van der Waals surface area contributed by atoms with E-state index in [4.69, 9.17) is 10.5 Å². The summed E-state index contributed by atoms with van der Waals surface area (Å²) in [5.41, 5.74) is 9.00. The number of ether oxygens (including phenoxy) is 1. The van der Waals surface area contributed by atoms with Gasteiger partial charge in [-0.3, -0.25) is 0 Å². The van der Waals surface area contributed by atoms with E-state index in [-0.39, 0.29) is 0 Å². The predicted octanol–water partition coefficient (Wildman–Crippen LogP) is 3.94. The molecule has 21 heavy (non-hydrogen) atoms. The van der Waals surface area contributed by atoms with Gasteiger partial charge in [-0.15, -0.1) is 11.3 Å². The van der Waals surface area contributed by atoms with Gasteiger partial charge in [0.15, 0.2) is 0 Å². The van der Waals surface area contributed by atoms with Gasteiger partial charge in [0.2, 0.25) is 0 Å². The summed E-state index contributed by atoms with van der Waals surface area (Å²) >= 11 is 1.66. The average Bonchev–Trinajstić information content (AvgIpc) is 3.00. The number of methoxy groups -OCH3 is 1. The van der Waals surface area contributed by atoms with Gasteiger partial charge in [0.05, 0.1) is 17.7 Å². The maximum absolute atomic E-state index is 5.85. The summed E-state index contributed by atoms with van der Waals surface area (Å²) in [6.07, 6.45) is 0. The molecule has 3 rings (SSSR count). The monoisotopic (exact) mass is 296 g/mol. The molecule has 0 amide bonds. The zero-order valence-electron chi connectivity index (χ0n) is 11.7. The number of rotatable bonds is 4. The first kappa shape index (κ1) is 13.8. The van der Waals surface area contributed by atoms with Crippen LogP contribution in [-0.4, -0.2) is 12.1 Å². The highest BCUT2D eigenvalue weighted by Crippen LogP contribution is 2.36. The van der Waals surface area contributed by atoms with Crippen LogP contribution in [0.25, 0.3) is 21.0 Å². The summed E-state index contributed by atoms with van der Waals surface area (Å²) in [6, 6.07) is 18.2. The Hall–Kier alpha value is -2.17. The Balaban J connectivity index is 2.07. The number of hydrogen-bond acceptors (Lipinski definition) is 4. The van der Waals surface area contributed by atoms with Gasteiger partial charge in [-0.25, -0.2) is 4.98 Å². The lowest BCUT2D eigenvalue weighted by atomic mass is 10.1. The van der Waals surface area contributed by atoms with Crippen molar-refractivity contribution in [3.63, 3.8) is 0 Å². The molecule has 0 aliphatic rings. The summed E-state index contributed by atoms with van der Waals surface area (Å²) in [7, 11) is 1.67. The van der Waals surface area contributed by atoms with Crippen LogP contribution in [0.15, 0.2) is 54.6 Å². The van der Waals surface area contributed by atoms with Crippen LogP contribution in [0.4, 0.5) is 0 Å². The SMILES string of the molecule is COc1cccc(-c2nc(CN)c(-c3ccccc3)s2)c1. The van der Waals surface area contributed by atoms with Crippen LogP contribution in [0.5, 0.6) is 5.75 Å². The summed E-state index contributed by atoms with van der Waals surface area (Å²) in [5, 5.41) is 0.966. The molecule has 0 aliphatic carbocycles. The standard InChI is InChI=1S/C17H16N2OS/c1-20-14-9-5-8-13(10-14)17-19-15(11-18)16(21-17)12-6-3-2-4-7-12/h2-10H,11,18H2,1H3. The molecule has 0 unspecified atom stereocenters. The van der Waals surface area contributed by atoms with Crippen LogP contribution in [0, 0.1) is 0 Å². The first-order valence-electron chi connectivity index (χ1n) is 6.71. The molecule has 2 aromatic carbocycles. The lowest BCUT2D eigenvalue weighted by Gasteiger charge is -2.01. The van der Waals surface area contributed by atoms with Crippen molar-refractivity contribution >= 4 is 11.3 Å².